The number of carbonyl (C=O) groups is 1. The van der Waals surface area contributed by atoms with Gasteiger partial charge < -0.3 is 10.6 Å². The van der Waals surface area contributed by atoms with Crippen LogP contribution >= 0.6 is 0 Å². The van der Waals surface area contributed by atoms with Gasteiger partial charge in [-0.25, -0.2) is 4.99 Å². The highest BCUT2D eigenvalue weighted by Crippen LogP contribution is 2.20. The van der Waals surface area contributed by atoms with Crippen LogP contribution in [0.5, 0.6) is 0 Å². The third kappa shape index (κ3) is 5.94. The summed E-state index contributed by atoms with van der Waals surface area (Å²) >= 11 is 0. The quantitative estimate of drug-likeness (QED) is 0.454. The number of nitrogens with zero attached hydrogens (tertiary/aromatic N) is 1. The smallest absolute Gasteiger partial charge is 0.247 e. The van der Waals surface area contributed by atoms with Crippen LogP contribution < -0.4 is 10.6 Å². The Hall–Kier alpha value is -2.62. The molecule has 0 aliphatic heterocycles. The van der Waals surface area contributed by atoms with Crippen molar-refractivity contribution >= 4 is 23.1 Å². The van der Waals surface area contributed by atoms with Crippen molar-refractivity contribution in [2.45, 2.75) is 34.1 Å². The van der Waals surface area contributed by atoms with E-state index in [0.29, 0.717) is 5.69 Å². The predicted molar refractivity (Wildman–Crippen MR) is 99.0 cm³/mol. The van der Waals surface area contributed by atoms with Crippen LogP contribution in [-0.4, -0.2) is 11.7 Å². The van der Waals surface area contributed by atoms with Crippen LogP contribution in [0.2, 0.25) is 0 Å². The number of hydrogen-bond donors (Lipinski definition) is 2. The van der Waals surface area contributed by atoms with Gasteiger partial charge in [0.1, 0.15) is 5.84 Å². The first kappa shape index (κ1) is 18.4. The van der Waals surface area contributed by atoms with Gasteiger partial charge in [-0.15, -0.1) is 0 Å². The van der Waals surface area contributed by atoms with E-state index in [1.54, 1.807) is 0 Å². The van der Waals surface area contributed by atoms with Crippen molar-refractivity contribution in [3.63, 3.8) is 0 Å². The zero-order chi connectivity index (χ0) is 17.4. The van der Waals surface area contributed by atoms with Crippen LogP contribution in [-0.2, 0) is 4.79 Å². The van der Waals surface area contributed by atoms with Gasteiger partial charge >= 0.3 is 0 Å². The zero-order valence-corrected chi connectivity index (χ0v) is 14.4. The molecule has 4 nitrogen and oxygen atoms in total. The molecule has 0 heterocycles. The van der Waals surface area contributed by atoms with Gasteiger partial charge in [0.2, 0.25) is 5.91 Å². The minimum Gasteiger partial charge on any atom is -0.344 e. The molecule has 1 aromatic carbocycles. The number of hydrogen-bond acceptors (Lipinski definition) is 2. The monoisotopic (exact) mass is 311 g/mol. The maximum Gasteiger partial charge on any atom is 0.247 e. The Labute approximate surface area is 138 Å². The fraction of sp³-hybridized carbons (Fsp3) is 0.263. The summed E-state index contributed by atoms with van der Waals surface area (Å²) in [5.41, 5.74) is 4.58. The van der Waals surface area contributed by atoms with Gasteiger partial charge in [-0.1, -0.05) is 31.7 Å². The third-order valence-corrected chi connectivity index (χ3v) is 3.37. The Morgan fingerprint density at radius 1 is 1.30 bits per heavy atom. The molecule has 0 atom stereocenters. The second-order valence-corrected chi connectivity index (χ2v) is 5.41. The summed E-state index contributed by atoms with van der Waals surface area (Å²) in [6, 6.07) is 7.36. The maximum absolute atomic E-state index is 11.4. The molecule has 0 aliphatic carbocycles. The van der Waals surface area contributed by atoms with Gasteiger partial charge in [0, 0.05) is 11.4 Å². The molecule has 122 valence electrons. The van der Waals surface area contributed by atoms with Gasteiger partial charge in [-0.05, 0) is 57.0 Å². The number of amides is 1. The first-order valence-corrected chi connectivity index (χ1v) is 7.58. The number of aliphatic imine (C=N–C) groups is 1. The van der Waals surface area contributed by atoms with Crippen molar-refractivity contribution in [2.24, 2.45) is 4.99 Å². The molecule has 0 unspecified atom stereocenters. The van der Waals surface area contributed by atoms with Gasteiger partial charge in [0.25, 0.3) is 0 Å². The molecule has 0 aromatic heterocycles. The molecule has 1 aromatic rings. The average Bonchev–Trinajstić information content (AvgIpc) is 2.53. The van der Waals surface area contributed by atoms with E-state index < -0.39 is 0 Å². The average molecular weight is 311 g/mol. The van der Waals surface area contributed by atoms with Crippen molar-refractivity contribution in [3.8, 4) is 0 Å². The standard InChI is InChI=1S/C19H25N3O/c1-7-14(5)20-19(15(6)13(3)4)22-17-11-9-10-16(12-17)21-18(23)8-2/h8-12H,2,5,7H2,1,3-4,6H3,(H,20,22)(H,21,23). The van der Waals surface area contributed by atoms with Crippen molar-refractivity contribution in [1.82, 2.24) is 5.32 Å². The van der Waals surface area contributed by atoms with E-state index in [1.807, 2.05) is 52.0 Å². The summed E-state index contributed by atoms with van der Waals surface area (Å²) in [6.07, 6.45) is 2.06. The highest BCUT2D eigenvalue weighted by Gasteiger charge is 2.06. The molecule has 2 N–H and O–H groups in total. The van der Waals surface area contributed by atoms with Crippen LogP contribution in [0.3, 0.4) is 0 Å². The van der Waals surface area contributed by atoms with Crippen LogP contribution in [0, 0.1) is 0 Å². The van der Waals surface area contributed by atoms with E-state index in [9.17, 15) is 4.79 Å². The fourth-order valence-electron chi connectivity index (χ4n) is 1.67. The first-order chi connectivity index (χ1) is 10.9. The Morgan fingerprint density at radius 3 is 2.57 bits per heavy atom. The second-order valence-electron chi connectivity index (χ2n) is 5.41. The largest absolute Gasteiger partial charge is 0.344 e. The topological polar surface area (TPSA) is 53.5 Å². The van der Waals surface area contributed by atoms with Gasteiger partial charge in [-0.3, -0.25) is 4.79 Å². The summed E-state index contributed by atoms with van der Waals surface area (Å²) in [4.78, 5) is 16.1. The summed E-state index contributed by atoms with van der Waals surface area (Å²) in [5.74, 6) is 0.522. The lowest BCUT2D eigenvalue weighted by atomic mass is 10.1. The van der Waals surface area contributed by atoms with E-state index >= 15 is 0 Å². The van der Waals surface area contributed by atoms with Crippen molar-refractivity contribution in [3.05, 3.63) is 60.3 Å². The molecule has 4 heteroatoms. The highest BCUT2D eigenvalue weighted by atomic mass is 16.1. The van der Waals surface area contributed by atoms with Crippen LogP contribution in [0.15, 0.2) is 65.3 Å². The van der Waals surface area contributed by atoms with E-state index in [4.69, 9.17) is 0 Å². The molecule has 23 heavy (non-hydrogen) atoms. The molecule has 1 amide bonds. The Bertz CT molecular complexity index is 665. The fourth-order valence-corrected chi connectivity index (χ4v) is 1.67. The molecule has 0 saturated carbocycles. The lowest BCUT2D eigenvalue weighted by Gasteiger charge is -2.13. The van der Waals surface area contributed by atoms with Gasteiger partial charge in [0.05, 0.1) is 5.69 Å². The highest BCUT2D eigenvalue weighted by molar-refractivity contribution is 6.01. The van der Waals surface area contributed by atoms with E-state index in [0.717, 1.165) is 29.2 Å². The lowest BCUT2D eigenvalue weighted by molar-refractivity contribution is -0.111. The minimum absolute atomic E-state index is 0.246. The first-order valence-electron chi connectivity index (χ1n) is 7.58. The molecule has 0 aliphatic rings. The molecule has 0 bridgehead atoms. The zero-order valence-electron chi connectivity index (χ0n) is 14.4. The molecule has 1 rings (SSSR count). The van der Waals surface area contributed by atoms with E-state index in [-0.39, 0.29) is 5.91 Å². The predicted octanol–water partition coefficient (Wildman–Crippen LogP) is 4.71. The minimum atomic E-state index is -0.246. The Balaban J connectivity index is 3.18. The Kier molecular flexibility index (Phi) is 7.00. The number of amidine groups is 1. The van der Waals surface area contributed by atoms with Gasteiger partial charge in [0.15, 0.2) is 0 Å². The van der Waals surface area contributed by atoms with Crippen LogP contribution in [0.1, 0.15) is 34.1 Å². The summed E-state index contributed by atoms with van der Waals surface area (Å²) in [5, 5.41) is 5.99. The molecule has 0 fully saturated rings. The molecular formula is C19H25N3O. The van der Waals surface area contributed by atoms with Crippen molar-refractivity contribution < 1.29 is 4.79 Å². The number of rotatable bonds is 6. The molecular weight excluding hydrogens is 286 g/mol. The van der Waals surface area contributed by atoms with E-state index in [2.05, 4.69) is 28.8 Å². The summed E-state index contributed by atoms with van der Waals surface area (Å²) < 4.78 is 0. The van der Waals surface area contributed by atoms with E-state index in [1.165, 1.54) is 11.6 Å². The normalized spacial score (nSPS) is 10.7. The number of benzene rings is 1. The van der Waals surface area contributed by atoms with Crippen molar-refractivity contribution in [2.75, 3.05) is 5.32 Å². The Morgan fingerprint density at radius 2 is 2.00 bits per heavy atom. The summed E-state index contributed by atoms with van der Waals surface area (Å²) in [7, 11) is 0. The third-order valence-electron chi connectivity index (χ3n) is 3.37. The lowest BCUT2D eigenvalue weighted by Crippen LogP contribution is -2.23. The number of allylic oxidation sites excluding steroid dienone is 2. The van der Waals surface area contributed by atoms with Gasteiger partial charge in [-0.2, -0.15) is 0 Å². The van der Waals surface area contributed by atoms with Crippen LogP contribution in [0.25, 0.3) is 0 Å². The van der Waals surface area contributed by atoms with Crippen LogP contribution in [0.4, 0.5) is 11.4 Å². The second kappa shape index (κ2) is 8.73. The summed E-state index contributed by atoms with van der Waals surface area (Å²) in [6.45, 7) is 15.6. The SMILES string of the molecule is C=CC(=O)Nc1cccc(N=C(NC(=C)CC)C(C)=C(C)C)c1. The number of anilines is 1. The van der Waals surface area contributed by atoms with Crippen molar-refractivity contribution in [1.29, 1.82) is 0 Å². The molecule has 0 spiro atoms. The molecule has 0 radical (unpaired) electrons. The number of carbonyl (C=O) groups excluding carboxylic acids is 1. The maximum atomic E-state index is 11.4. The molecule has 0 saturated heterocycles. The number of nitrogens with one attached hydrogen (secondary N) is 2.